The normalized spacial score (nSPS) is 12.9. The number of allylic oxidation sites excluding steroid dienone is 1. The predicted octanol–water partition coefficient (Wildman–Crippen LogP) is 10.9. The number of methoxy groups -OCH3 is 5. The van der Waals surface area contributed by atoms with Crippen LogP contribution in [0.2, 0.25) is 0 Å². The van der Waals surface area contributed by atoms with Gasteiger partial charge in [0.1, 0.15) is 0 Å². The van der Waals surface area contributed by atoms with Gasteiger partial charge in [-0.1, -0.05) is 125 Å². The zero-order valence-electron chi connectivity index (χ0n) is 42.4. The summed E-state index contributed by atoms with van der Waals surface area (Å²) in [4.78, 5) is 74.2. The van der Waals surface area contributed by atoms with E-state index in [1.54, 1.807) is 43.3 Å². The van der Waals surface area contributed by atoms with E-state index >= 15 is 0 Å². The minimum absolute atomic E-state index is 0.0486. The topological polar surface area (TPSA) is 184 Å². The lowest BCUT2D eigenvalue weighted by molar-refractivity contribution is -0.141. The predicted molar refractivity (Wildman–Crippen MR) is 268 cm³/mol. The molecule has 1 atom stereocenters. The summed E-state index contributed by atoms with van der Waals surface area (Å²) in [5.41, 5.74) is 3.43. The number of hydrogen-bond donors (Lipinski definition) is 0. The standard InChI is InChI=1S/C13H16O2.C10H10O2.C8H12O2.C8H8O2.C7H14O2.C5H8O2.C4H8O2/c1-11(2)10-15-13(14)9-8-12-6-4-3-5-7-12;1-12-10(11)8-7-9-5-3-2-4-6-9;2*1-10-8(9)7-5-3-2-4-6-7;1-3-4-5-6-7(8)9-2;1-4-2-3-5(6)7-4;1-3-4(5)6-2/h3-9,11H,10H2,1-2H3;2-8H,1H3;5H,2-4,6H2,1H3;2-6H,1H3;3-6H2,1-2H3;4H,2-3H2,1H3;3H2,1-2H3/b9-8+;8-7+;;;;;. The molecule has 1 heterocycles. The van der Waals surface area contributed by atoms with Crippen LogP contribution >= 0.6 is 0 Å². The summed E-state index contributed by atoms with van der Waals surface area (Å²) in [6.45, 7) is 10.3. The maximum absolute atomic E-state index is 11.2. The Kier molecular flexibility index (Phi) is 40.7. The first-order chi connectivity index (χ1) is 33.1. The number of esters is 7. The monoisotopic (exact) mass is 961 g/mol. The Morgan fingerprint density at radius 1 is 0.638 bits per heavy atom. The van der Waals surface area contributed by atoms with Gasteiger partial charge in [-0.3, -0.25) is 14.4 Å². The van der Waals surface area contributed by atoms with Gasteiger partial charge >= 0.3 is 41.8 Å². The maximum atomic E-state index is 11.2. The van der Waals surface area contributed by atoms with E-state index < -0.39 is 0 Å². The third-order valence-corrected chi connectivity index (χ3v) is 8.93. The molecule has 1 unspecified atom stereocenters. The number of unbranched alkanes of at least 4 members (excludes halogenated alkanes) is 2. The Balaban J connectivity index is 0. The smallest absolute Gasteiger partial charge is 0.337 e. The van der Waals surface area contributed by atoms with E-state index in [2.05, 4.69) is 30.6 Å². The molecule has 1 aliphatic heterocycles. The second-order valence-corrected chi connectivity index (χ2v) is 15.2. The average Bonchev–Trinajstić information content (AvgIpc) is 3.79. The molecular formula is C55H76O14. The van der Waals surface area contributed by atoms with Crippen molar-refractivity contribution in [3.63, 3.8) is 0 Å². The molecule has 14 heteroatoms. The fraction of sp³-hybridized carbons (Fsp3) is 0.436. The van der Waals surface area contributed by atoms with Gasteiger partial charge in [-0.15, -0.1) is 0 Å². The van der Waals surface area contributed by atoms with Crippen molar-refractivity contribution >= 4 is 53.9 Å². The van der Waals surface area contributed by atoms with Gasteiger partial charge < -0.3 is 33.2 Å². The van der Waals surface area contributed by atoms with Gasteiger partial charge in [-0.2, -0.15) is 0 Å². The highest BCUT2D eigenvalue weighted by Gasteiger charge is 2.17. The molecule has 0 amide bonds. The maximum Gasteiger partial charge on any atom is 0.337 e. The van der Waals surface area contributed by atoms with Gasteiger partial charge in [0, 0.05) is 37.0 Å². The molecule has 3 aromatic rings. The highest BCUT2D eigenvalue weighted by Crippen LogP contribution is 2.18. The minimum Gasteiger partial charge on any atom is -0.469 e. The third kappa shape index (κ3) is 38.9. The highest BCUT2D eigenvalue weighted by molar-refractivity contribution is 5.89. The molecule has 0 radical (unpaired) electrons. The van der Waals surface area contributed by atoms with E-state index in [0.717, 1.165) is 61.6 Å². The summed E-state index contributed by atoms with van der Waals surface area (Å²) in [7, 11) is 6.96. The molecule has 0 N–H and O–H groups in total. The van der Waals surface area contributed by atoms with E-state index in [9.17, 15) is 33.6 Å². The molecule has 0 aromatic heterocycles. The SMILES string of the molecule is CC(C)COC(=O)/C=C/c1ccccc1.CC1CCC(=O)O1.CCC(=O)OC.CCCCCC(=O)OC.COC(=O)/C=C/c1ccccc1.COC(=O)C1=CCCCC1.COC(=O)c1ccccc1. The van der Waals surface area contributed by atoms with Crippen molar-refractivity contribution < 1.29 is 66.7 Å². The van der Waals surface area contributed by atoms with Crippen molar-refractivity contribution in [2.75, 3.05) is 42.2 Å². The number of cyclic esters (lactones) is 1. The zero-order chi connectivity index (χ0) is 52.1. The molecule has 1 saturated heterocycles. The van der Waals surface area contributed by atoms with Crippen LogP contribution in [0.15, 0.2) is 115 Å². The van der Waals surface area contributed by atoms with Gasteiger partial charge in [0.15, 0.2) is 0 Å². The summed E-state index contributed by atoms with van der Waals surface area (Å²) in [5, 5.41) is 0. The molecule has 0 bridgehead atoms. The summed E-state index contributed by atoms with van der Waals surface area (Å²) >= 11 is 0. The van der Waals surface area contributed by atoms with Crippen LogP contribution in [0.4, 0.5) is 0 Å². The van der Waals surface area contributed by atoms with E-state index in [-0.39, 0.29) is 47.9 Å². The molecular weight excluding hydrogens is 885 g/mol. The van der Waals surface area contributed by atoms with Gasteiger partial charge in [0.25, 0.3) is 0 Å². The van der Waals surface area contributed by atoms with E-state index in [4.69, 9.17) is 9.47 Å². The van der Waals surface area contributed by atoms with Gasteiger partial charge in [-0.05, 0) is 86.8 Å². The quantitative estimate of drug-likeness (QED) is 0.0682. The fourth-order valence-electron chi connectivity index (χ4n) is 5.10. The summed E-state index contributed by atoms with van der Waals surface area (Å²) in [6, 6.07) is 28.1. The van der Waals surface area contributed by atoms with Gasteiger partial charge in [-0.25, -0.2) is 19.2 Å². The van der Waals surface area contributed by atoms with Crippen LogP contribution in [-0.2, 0) is 61.9 Å². The summed E-state index contributed by atoms with van der Waals surface area (Å²) in [5.74, 6) is -0.989. The van der Waals surface area contributed by atoms with Crippen LogP contribution in [-0.4, -0.2) is 90.0 Å². The van der Waals surface area contributed by atoms with Crippen LogP contribution in [0.1, 0.15) is 127 Å². The number of ether oxygens (including phenoxy) is 7. The Labute approximate surface area is 410 Å². The first-order valence-corrected chi connectivity index (χ1v) is 23.1. The molecule has 5 rings (SSSR count). The first-order valence-electron chi connectivity index (χ1n) is 23.1. The molecule has 0 saturated carbocycles. The van der Waals surface area contributed by atoms with Crippen molar-refractivity contribution in [2.24, 2.45) is 5.92 Å². The molecule has 69 heavy (non-hydrogen) atoms. The Morgan fingerprint density at radius 2 is 1.16 bits per heavy atom. The second-order valence-electron chi connectivity index (χ2n) is 15.2. The molecule has 1 fully saturated rings. The van der Waals surface area contributed by atoms with Crippen LogP contribution in [0, 0.1) is 5.92 Å². The third-order valence-electron chi connectivity index (χ3n) is 8.93. The number of carbonyl (C=O) groups is 7. The van der Waals surface area contributed by atoms with Crippen molar-refractivity contribution in [3.8, 4) is 0 Å². The number of hydrogen-bond acceptors (Lipinski definition) is 14. The van der Waals surface area contributed by atoms with Crippen molar-refractivity contribution in [1.82, 2.24) is 0 Å². The Morgan fingerprint density at radius 3 is 1.52 bits per heavy atom. The molecule has 0 spiro atoms. The molecule has 2 aliphatic rings. The highest BCUT2D eigenvalue weighted by atomic mass is 16.6. The van der Waals surface area contributed by atoms with Gasteiger partial charge in [0.2, 0.25) is 0 Å². The van der Waals surface area contributed by atoms with Crippen LogP contribution in [0.25, 0.3) is 12.2 Å². The van der Waals surface area contributed by atoms with Crippen molar-refractivity contribution in [3.05, 3.63) is 131 Å². The fourth-order valence-corrected chi connectivity index (χ4v) is 5.10. The average molecular weight is 961 g/mol. The van der Waals surface area contributed by atoms with Crippen LogP contribution in [0.3, 0.4) is 0 Å². The van der Waals surface area contributed by atoms with Gasteiger partial charge in [0.05, 0.1) is 53.8 Å². The number of rotatable bonds is 13. The lowest BCUT2D eigenvalue weighted by Gasteiger charge is -2.09. The van der Waals surface area contributed by atoms with E-state index in [0.29, 0.717) is 37.4 Å². The second kappa shape index (κ2) is 43.7. The Bertz CT molecular complexity index is 1930. The van der Waals surface area contributed by atoms with E-state index in [1.165, 1.54) is 54.1 Å². The number of carbonyl (C=O) groups excluding carboxylic acids is 7. The molecule has 380 valence electrons. The Hall–Kier alpha value is -6.83. The lowest BCUT2D eigenvalue weighted by Crippen LogP contribution is -2.06. The van der Waals surface area contributed by atoms with Crippen molar-refractivity contribution in [2.45, 2.75) is 111 Å². The first kappa shape index (κ1) is 64.3. The molecule has 1 aliphatic carbocycles. The number of benzene rings is 3. The summed E-state index contributed by atoms with van der Waals surface area (Å²) in [6.07, 6.45) is 18.5. The largest absolute Gasteiger partial charge is 0.469 e. The zero-order valence-corrected chi connectivity index (χ0v) is 42.4. The minimum atomic E-state index is -0.334. The van der Waals surface area contributed by atoms with Crippen LogP contribution in [0.5, 0.6) is 0 Å². The molecule has 3 aromatic carbocycles. The lowest BCUT2D eigenvalue weighted by atomic mass is 10.00. The summed E-state index contributed by atoms with van der Waals surface area (Å²) < 4.78 is 32.0. The van der Waals surface area contributed by atoms with E-state index in [1.807, 2.05) is 93.6 Å². The van der Waals surface area contributed by atoms with Crippen molar-refractivity contribution in [1.29, 1.82) is 0 Å². The molecule has 14 nitrogen and oxygen atoms in total. The van der Waals surface area contributed by atoms with Crippen LogP contribution < -0.4 is 0 Å².